The summed E-state index contributed by atoms with van der Waals surface area (Å²) in [5.41, 5.74) is 3.16. The Morgan fingerprint density at radius 1 is 1.12 bits per heavy atom. The Hall–Kier alpha value is -1.96. The zero-order valence-electron chi connectivity index (χ0n) is 15.0. The highest BCUT2D eigenvalue weighted by Crippen LogP contribution is 2.16. The highest BCUT2D eigenvalue weighted by molar-refractivity contribution is 7.89. The fourth-order valence-electron chi connectivity index (χ4n) is 2.53. The lowest BCUT2D eigenvalue weighted by molar-refractivity contribution is 0.597. The number of unbranched alkanes of at least 4 members (excludes halogenated alkanes) is 1. The molecule has 2 aromatic rings. The normalized spacial score (nSPS) is 12.4. The first-order valence-electron chi connectivity index (χ1n) is 8.59. The molecule has 0 saturated heterocycles. The highest BCUT2D eigenvalue weighted by atomic mass is 32.2. The van der Waals surface area contributed by atoms with Crippen LogP contribution >= 0.6 is 12.2 Å². The number of hydrogen-bond donors (Lipinski definition) is 3. The van der Waals surface area contributed by atoms with Crippen molar-refractivity contribution in [2.24, 2.45) is 5.14 Å². The van der Waals surface area contributed by atoms with Gasteiger partial charge in [-0.3, -0.25) is 0 Å². The molecule has 0 aliphatic rings. The number of thiocarbonyl (C=S) groups is 1. The molecule has 0 saturated carbocycles. The van der Waals surface area contributed by atoms with Crippen LogP contribution in [0.15, 0.2) is 53.4 Å². The van der Waals surface area contributed by atoms with Crippen molar-refractivity contribution in [2.45, 2.75) is 44.0 Å². The molecule has 0 radical (unpaired) electrons. The lowest BCUT2D eigenvalue weighted by Gasteiger charge is -2.18. The van der Waals surface area contributed by atoms with Crippen molar-refractivity contribution in [1.29, 1.82) is 0 Å². The largest absolute Gasteiger partial charge is 0.356 e. The molecule has 0 bridgehead atoms. The van der Waals surface area contributed by atoms with Crippen LogP contribution in [0.4, 0.5) is 5.69 Å². The van der Waals surface area contributed by atoms with Crippen LogP contribution in [-0.4, -0.2) is 13.5 Å². The number of sulfonamides is 1. The van der Waals surface area contributed by atoms with Gasteiger partial charge in [0.15, 0.2) is 5.11 Å². The number of hydrogen-bond acceptors (Lipinski definition) is 3. The minimum Gasteiger partial charge on any atom is -0.356 e. The van der Waals surface area contributed by atoms with E-state index in [1.54, 1.807) is 12.1 Å². The average molecular weight is 392 g/mol. The maximum Gasteiger partial charge on any atom is 0.238 e. The van der Waals surface area contributed by atoms with Gasteiger partial charge in [-0.2, -0.15) is 0 Å². The predicted molar refractivity (Wildman–Crippen MR) is 111 cm³/mol. The summed E-state index contributed by atoms with van der Waals surface area (Å²) in [6.07, 6.45) is 3.46. The standard InChI is InChI=1S/C19H25N3O2S2/c1-3-4-5-15-6-10-17(11-7-15)22-19(25)21-14(2)16-8-12-18(13-9-16)26(20,23)24/h6-14H,3-5H2,1-2H3,(H2,20,23,24)(H2,21,22,25)/t14-/m0/s1. The minimum absolute atomic E-state index is 0.0756. The van der Waals surface area contributed by atoms with E-state index in [1.807, 2.05) is 19.1 Å². The molecule has 140 valence electrons. The molecule has 0 aromatic heterocycles. The van der Waals surface area contributed by atoms with Gasteiger partial charge >= 0.3 is 0 Å². The Balaban J connectivity index is 1.92. The van der Waals surface area contributed by atoms with Crippen LogP contribution in [0, 0.1) is 0 Å². The molecule has 2 rings (SSSR count). The summed E-state index contributed by atoms with van der Waals surface area (Å²) in [5, 5.41) is 12.0. The smallest absolute Gasteiger partial charge is 0.238 e. The third kappa shape index (κ3) is 6.09. The van der Waals surface area contributed by atoms with Crippen LogP contribution in [0.1, 0.15) is 43.9 Å². The van der Waals surface area contributed by atoms with Gasteiger partial charge in [0.2, 0.25) is 10.0 Å². The molecule has 0 fully saturated rings. The molecule has 0 aliphatic heterocycles. The molecule has 0 aliphatic carbocycles. The molecular formula is C19H25N3O2S2. The fourth-order valence-corrected chi connectivity index (χ4v) is 3.34. The third-order valence-corrected chi connectivity index (χ3v) is 5.24. The number of anilines is 1. The summed E-state index contributed by atoms with van der Waals surface area (Å²) in [6.45, 7) is 4.14. The molecule has 4 N–H and O–H groups in total. The molecule has 0 heterocycles. The second-order valence-corrected chi connectivity index (χ2v) is 8.20. The number of nitrogens with two attached hydrogens (primary N) is 1. The van der Waals surface area contributed by atoms with E-state index in [2.05, 4.69) is 29.7 Å². The van der Waals surface area contributed by atoms with E-state index in [1.165, 1.54) is 30.5 Å². The average Bonchev–Trinajstić information content (AvgIpc) is 2.60. The zero-order valence-corrected chi connectivity index (χ0v) is 16.7. The topological polar surface area (TPSA) is 84.2 Å². The Kier molecular flexibility index (Phi) is 7.14. The quantitative estimate of drug-likeness (QED) is 0.627. The maximum atomic E-state index is 11.3. The van der Waals surface area contributed by atoms with E-state index in [-0.39, 0.29) is 10.9 Å². The van der Waals surface area contributed by atoms with Gasteiger partial charge in [-0.05, 0) is 67.4 Å². The van der Waals surface area contributed by atoms with Crippen LogP contribution in [-0.2, 0) is 16.4 Å². The first-order valence-corrected chi connectivity index (χ1v) is 10.5. The molecule has 0 spiro atoms. The monoisotopic (exact) mass is 391 g/mol. The van der Waals surface area contributed by atoms with E-state index in [0.717, 1.165) is 17.7 Å². The summed E-state index contributed by atoms with van der Waals surface area (Å²) in [4.78, 5) is 0.0947. The van der Waals surface area contributed by atoms with E-state index < -0.39 is 10.0 Å². The molecule has 2 aromatic carbocycles. The highest BCUT2D eigenvalue weighted by Gasteiger charge is 2.11. The summed E-state index contributed by atoms with van der Waals surface area (Å²) in [6, 6.07) is 14.6. The molecule has 0 unspecified atom stereocenters. The van der Waals surface area contributed by atoms with Gasteiger partial charge in [0.05, 0.1) is 10.9 Å². The zero-order chi connectivity index (χ0) is 19.2. The Bertz CT molecular complexity index is 832. The molecule has 1 atom stereocenters. The second-order valence-electron chi connectivity index (χ2n) is 6.23. The van der Waals surface area contributed by atoms with Crippen LogP contribution in [0.3, 0.4) is 0 Å². The van der Waals surface area contributed by atoms with E-state index >= 15 is 0 Å². The summed E-state index contributed by atoms with van der Waals surface area (Å²) in [7, 11) is -3.68. The van der Waals surface area contributed by atoms with Crippen molar-refractivity contribution >= 4 is 33.0 Å². The lowest BCUT2D eigenvalue weighted by atomic mass is 10.1. The van der Waals surface area contributed by atoms with Crippen LogP contribution in [0.2, 0.25) is 0 Å². The van der Waals surface area contributed by atoms with Gasteiger partial charge in [-0.15, -0.1) is 0 Å². The van der Waals surface area contributed by atoms with E-state index in [4.69, 9.17) is 17.4 Å². The van der Waals surface area contributed by atoms with Gasteiger partial charge in [-0.25, -0.2) is 13.6 Å². The minimum atomic E-state index is -3.68. The molecular weight excluding hydrogens is 366 g/mol. The Morgan fingerprint density at radius 3 is 2.27 bits per heavy atom. The fraction of sp³-hybridized carbons (Fsp3) is 0.316. The molecule has 5 nitrogen and oxygen atoms in total. The van der Waals surface area contributed by atoms with Gasteiger partial charge in [-0.1, -0.05) is 37.6 Å². The first-order chi connectivity index (χ1) is 12.3. The Labute approximate surface area is 161 Å². The van der Waals surface area contributed by atoms with Crippen molar-refractivity contribution < 1.29 is 8.42 Å². The van der Waals surface area contributed by atoms with Crippen molar-refractivity contribution in [1.82, 2.24) is 5.32 Å². The number of aryl methyl sites for hydroxylation is 1. The maximum absolute atomic E-state index is 11.3. The first kappa shape index (κ1) is 20.4. The van der Waals surface area contributed by atoms with Crippen LogP contribution in [0.25, 0.3) is 0 Å². The van der Waals surface area contributed by atoms with Gasteiger partial charge < -0.3 is 10.6 Å². The summed E-state index contributed by atoms with van der Waals surface area (Å²) < 4.78 is 22.6. The SMILES string of the molecule is CCCCc1ccc(NC(=S)N[C@@H](C)c2ccc(S(N)(=O)=O)cc2)cc1. The molecule has 0 amide bonds. The number of nitrogens with one attached hydrogen (secondary N) is 2. The summed E-state index contributed by atoms with van der Waals surface area (Å²) in [5.74, 6) is 0. The van der Waals surface area contributed by atoms with Gasteiger partial charge in [0, 0.05) is 5.69 Å². The lowest BCUT2D eigenvalue weighted by Crippen LogP contribution is -2.30. The van der Waals surface area contributed by atoms with Crippen molar-refractivity contribution in [2.75, 3.05) is 5.32 Å². The number of rotatable bonds is 7. The van der Waals surface area contributed by atoms with E-state index in [9.17, 15) is 8.42 Å². The van der Waals surface area contributed by atoms with Crippen molar-refractivity contribution in [3.63, 3.8) is 0 Å². The number of benzene rings is 2. The van der Waals surface area contributed by atoms with E-state index in [0.29, 0.717) is 5.11 Å². The second kappa shape index (κ2) is 9.12. The van der Waals surface area contributed by atoms with Crippen LogP contribution in [0.5, 0.6) is 0 Å². The van der Waals surface area contributed by atoms with Crippen molar-refractivity contribution in [3.8, 4) is 0 Å². The Morgan fingerprint density at radius 2 is 1.73 bits per heavy atom. The van der Waals surface area contributed by atoms with Gasteiger partial charge in [0.25, 0.3) is 0 Å². The molecule has 26 heavy (non-hydrogen) atoms. The summed E-state index contributed by atoms with van der Waals surface area (Å²) >= 11 is 5.36. The third-order valence-electron chi connectivity index (χ3n) is 4.09. The van der Waals surface area contributed by atoms with Crippen LogP contribution < -0.4 is 15.8 Å². The van der Waals surface area contributed by atoms with Crippen molar-refractivity contribution in [3.05, 3.63) is 59.7 Å². The molecule has 7 heteroatoms. The predicted octanol–water partition coefficient (Wildman–Crippen LogP) is 3.72. The number of primary sulfonamides is 1. The van der Waals surface area contributed by atoms with Gasteiger partial charge in [0.1, 0.15) is 0 Å².